The molecule has 0 radical (unpaired) electrons. The molecule has 0 N–H and O–H groups in total. The van der Waals surface area contributed by atoms with Gasteiger partial charge in [0.2, 0.25) is 0 Å². The number of rotatable bonds is 1. The molecule has 1 aliphatic rings. The molecule has 0 unspecified atom stereocenters. The predicted octanol–water partition coefficient (Wildman–Crippen LogP) is 4.57. The maximum absolute atomic E-state index is 5.80. The van der Waals surface area contributed by atoms with Gasteiger partial charge in [0.05, 0.1) is 0 Å². The summed E-state index contributed by atoms with van der Waals surface area (Å²) in [5.41, 5.74) is 5.15. The third-order valence-corrected chi connectivity index (χ3v) is 3.69. The highest BCUT2D eigenvalue weighted by Gasteiger charge is 2.17. The van der Waals surface area contributed by atoms with Gasteiger partial charge in [0, 0.05) is 10.0 Å². The van der Waals surface area contributed by atoms with Crippen molar-refractivity contribution >= 4 is 15.9 Å². The third kappa shape index (κ3) is 1.87. The Morgan fingerprint density at radius 1 is 1.12 bits per heavy atom. The molecule has 0 fully saturated rings. The summed E-state index contributed by atoms with van der Waals surface area (Å²) in [5.74, 6) is 0.969. The van der Waals surface area contributed by atoms with Crippen LogP contribution >= 0.6 is 15.9 Å². The Bertz CT molecular complexity index is 575. The zero-order chi connectivity index (χ0) is 11.8. The summed E-state index contributed by atoms with van der Waals surface area (Å²) in [4.78, 5) is 0. The molecule has 1 nitrogen and oxygen atoms in total. The number of halogens is 1. The lowest BCUT2D eigenvalue weighted by molar-refractivity contribution is 0.302. The quantitative estimate of drug-likeness (QED) is 0.747. The number of aryl methyl sites for hydroxylation is 1. The second kappa shape index (κ2) is 4.19. The first kappa shape index (κ1) is 10.8. The lowest BCUT2D eigenvalue weighted by Gasteiger charge is -2.21. The van der Waals surface area contributed by atoms with Gasteiger partial charge in [0.1, 0.15) is 12.4 Å². The summed E-state index contributed by atoms with van der Waals surface area (Å²) in [6, 6.07) is 12.9. The number of hydrogen-bond donors (Lipinski definition) is 0. The first-order valence-corrected chi connectivity index (χ1v) is 6.62. The molecule has 86 valence electrons. The zero-order valence-electron chi connectivity index (χ0n) is 9.66. The minimum absolute atomic E-state index is 0.673. The van der Waals surface area contributed by atoms with E-state index < -0.39 is 0 Å². The van der Waals surface area contributed by atoms with Crippen LogP contribution in [0.1, 0.15) is 18.1 Å². The van der Waals surface area contributed by atoms with Crippen LogP contribution in [0.5, 0.6) is 5.75 Å². The maximum atomic E-state index is 5.80. The van der Waals surface area contributed by atoms with Gasteiger partial charge in [-0.25, -0.2) is 0 Å². The van der Waals surface area contributed by atoms with Crippen molar-refractivity contribution in [1.29, 1.82) is 0 Å². The highest BCUT2D eigenvalue weighted by molar-refractivity contribution is 9.10. The third-order valence-electron chi connectivity index (χ3n) is 3.19. The fourth-order valence-corrected chi connectivity index (χ4v) is 2.58. The van der Waals surface area contributed by atoms with Crippen LogP contribution in [0.4, 0.5) is 0 Å². The van der Waals surface area contributed by atoms with Crippen molar-refractivity contribution in [1.82, 2.24) is 0 Å². The first-order chi connectivity index (χ1) is 8.28. The molecule has 0 atom stereocenters. The van der Waals surface area contributed by atoms with Gasteiger partial charge in [-0.15, -0.1) is 0 Å². The van der Waals surface area contributed by atoms with Crippen molar-refractivity contribution in [2.75, 3.05) is 0 Å². The summed E-state index contributed by atoms with van der Waals surface area (Å²) < 4.78 is 6.86. The average molecular weight is 289 g/mol. The molecular weight excluding hydrogens is 276 g/mol. The fourth-order valence-electron chi connectivity index (χ4n) is 2.24. The van der Waals surface area contributed by atoms with E-state index in [1.54, 1.807) is 0 Å². The lowest BCUT2D eigenvalue weighted by atomic mass is 9.95. The smallest absolute Gasteiger partial charge is 0.128 e. The second-order valence-corrected chi connectivity index (χ2v) is 5.19. The van der Waals surface area contributed by atoms with Crippen molar-refractivity contribution in [3.8, 4) is 16.9 Å². The van der Waals surface area contributed by atoms with Crippen LogP contribution < -0.4 is 4.74 Å². The Kier molecular flexibility index (Phi) is 2.67. The summed E-state index contributed by atoms with van der Waals surface area (Å²) in [7, 11) is 0. The summed E-state index contributed by atoms with van der Waals surface area (Å²) in [6.07, 6.45) is 1.07. The Balaban J connectivity index is 2.16. The fraction of sp³-hybridized carbons (Fsp3) is 0.200. The van der Waals surface area contributed by atoms with E-state index in [4.69, 9.17) is 4.74 Å². The monoisotopic (exact) mass is 288 g/mol. The molecule has 2 aromatic carbocycles. The van der Waals surface area contributed by atoms with Crippen LogP contribution in [0, 0.1) is 0 Å². The Morgan fingerprint density at radius 2 is 1.94 bits per heavy atom. The van der Waals surface area contributed by atoms with Gasteiger partial charge < -0.3 is 4.74 Å². The molecule has 2 heteroatoms. The van der Waals surface area contributed by atoms with E-state index in [2.05, 4.69) is 53.2 Å². The number of hydrogen-bond acceptors (Lipinski definition) is 1. The predicted molar refractivity (Wildman–Crippen MR) is 73.3 cm³/mol. The normalized spacial score (nSPS) is 12.6. The van der Waals surface area contributed by atoms with Gasteiger partial charge in [-0.05, 0) is 41.3 Å². The van der Waals surface area contributed by atoms with Crippen LogP contribution in [0.15, 0.2) is 40.9 Å². The van der Waals surface area contributed by atoms with E-state index in [0.29, 0.717) is 6.61 Å². The van der Waals surface area contributed by atoms with Crippen molar-refractivity contribution in [2.45, 2.75) is 20.0 Å². The lowest BCUT2D eigenvalue weighted by Crippen LogP contribution is -2.05. The number of benzene rings is 2. The Morgan fingerprint density at radius 3 is 2.76 bits per heavy atom. The molecule has 17 heavy (non-hydrogen) atoms. The number of ether oxygens (including phenoxy) is 1. The molecule has 0 aromatic heterocycles. The van der Waals surface area contributed by atoms with Gasteiger partial charge in [-0.3, -0.25) is 0 Å². The standard InChI is InChI=1S/C15H13BrO/c1-2-10-3-5-13-11(7-10)9-17-15-8-12(16)4-6-14(13)15/h3-8H,2,9H2,1H3. The van der Waals surface area contributed by atoms with Crippen LogP contribution in [0.3, 0.4) is 0 Å². The summed E-state index contributed by atoms with van der Waals surface area (Å²) >= 11 is 3.47. The van der Waals surface area contributed by atoms with E-state index >= 15 is 0 Å². The second-order valence-electron chi connectivity index (χ2n) is 4.27. The van der Waals surface area contributed by atoms with Crippen LogP contribution in [0.2, 0.25) is 0 Å². The highest BCUT2D eigenvalue weighted by Crippen LogP contribution is 2.39. The summed E-state index contributed by atoms with van der Waals surface area (Å²) in [5, 5.41) is 0. The molecule has 2 aromatic rings. The molecule has 0 amide bonds. The molecule has 3 rings (SSSR count). The molecule has 0 saturated heterocycles. The van der Waals surface area contributed by atoms with Crippen LogP contribution in [0.25, 0.3) is 11.1 Å². The minimum Gasteiger partial charge on any atom is -0.488 e. The highest BCUT2D eigenvalue weighted by atomic mass is 79.9. The van der Waals surface area contributed by atoms with Gasteiger partial charge in [-0.2, -0.15) is 0 Å². The van der Waals surface area contributed by atoms with Crippen molar-refractivity contribution in [3.63, 3.8) is 0 Å². The van der Waals surface area contributed by atoms with Crippen LogP contribution in [-0.4, -0.2) is 0 Å². The van der Waals surface area contributed by atoms with Crippen molar-refractivity contribution in [3.05, 3.63) is 52.0 Å². The number of fused-ring (bicyclic) bond motifs is 3. The molecule has 1 heterocycles. The van der Waals surface area contributed by atoms with E-state index in [1.165, 1.54) is 22.3 Å². The molecule has 0 saturated carbocycles. The van der Waals surface area contributed by atoms with Gasteiger partial charge in [-0.1, -0.05) is 41.1 Å². The van der Waals surface area contributed by atoms with Gasteiger partial charge in [0.25, 0.3) is 0 Å². The summed E-state index contributed by atoms with van der Waals surface area (Å²) in [6.45, 7) is 2.85. The molecular formula is C15H13BrO. The SMILES string of the molecule is CCc1ccc2c(c1)COc1cc(Br)ccc1-2. The van der Waals surface area contributed by atoms with Gasteiger partial charge >= 0.3 is 0 Å². The largest absolute Gasteiger partial charge is 0.488 e. The molecule has 0 spiro atoms. The molecule has 1 aliphatic heterocycles. The van der Waals surface area contributed by atoms with Crippen LogP contribution in [-0.2, 0) is 13.0 Å². The van der Waals surface area contributed by atoms with E-state index in [-0.39, 0.29) is 0 Å². The zero-order valence-corrected chi connectivity index (χ0v) is 11.3. The van der Waals surface area contributed by atoms with E-state index in [9.17, 15) is 0 Å². The maximum Gasteiger partial charge on any atom is 0.128 e. The van der Waals surface area contributed by atoms with Gasteiger partial charge in [0.15, 0.2) is 0 Å². The van der Waals surface area contributed by atoms with Crippen molar-refractivity contribution in [2.24, 2.45) is 0 Å². The minimum atomic E-state index is 0.673. The topological polar surface area (TPSA) is 9.23 Å². The van der Waals surface area contributed by atoms with E-state index in [1.807, 2.05) is 6.07 Å². The Labute approximate surface area is 110 Å². The van der Waals surface area contributed by atoms with Crippen molar-refractivity contribution < 1.29 is 4.74 Å². The Hall–Kier alpha value is -1.28. The first-order valence-electron chi connectivity index (χ1n) is 5.82. The van der Waals surface area contributed by atoms with E-state index in [0.717, 1.165) is 16.6 Å². The molecule has 0 bridgehead atoms. The molecule has 0 aliphatic carbocycles. The average Bonchev–Trinajstić information content (AvgIpc) is 2.37.